The molecule has 0 atom stereocenters. The Morgan fingerprint density at radius 2 is 1.68 bits per heavy atom. The standard InChI is InChI=1S/C24H21N5OS/c25-24(31)27-26-15-20-16-29(21-9-5-2-6-10-21)28-23(20)19-11-13-22(14-12-19)30-17-18-7-3-1-4-8-18/h1-16H,17H2,(H3,25,27,31)/b26-15+. The molecule has 31 heavy (non-hydrogen) atoms. The largest absolute Gasteiger partial charge is 0.489 e. The second kappa shape index (κ2) is 9.69. The summed E-state index contributed by atoms with van der Waals surface area (Å²) in [4.78, 5) is 0. The van der Waals surface area contributed by atoms with Crippen LogP contribution in [-0.4, -0.2) is 21.1 Å². The number of thiocarbonyl (C=S) groups is 1. The Hall–Kier alpha value is -3.97. The molecule has 1 heterocycles. The van der Waals surface area contributed by atoms with Crippen LogP contribution in [0.1, 0.15) is 11.1 Å². The topological polar surface area (TPSA) is 77.5 Å². The SMILES string of the molecule is NC(=S)N/N=C/c1cn(-c2ccccc2)nc1-c1ccc(OCc2ccccc2)cc1. The van der Waals surface area contributed by atoms with Gasteiger partial charge in [0.25, 0.3) is 0 Å². The van der Waals surface area contributed by atoms with Gasteiger partial charge < -0.3 is 10.5 Å². The molecule has 154 valence electrons. The summed E-state index contributed by atoms with van der Waals surface area (Å²) in [5, 5.41) is 8.96. The van der Waals surface area contributed by atoms with E-state index in [1.165, 1.54) is 0 Å². The second-order valence-corrected chi connectivity index (χ2v) is 7.19. The molecule has 0 fully saturated rings. The lowest BCUT2D eigenvalue weighted by Crippen LogP contribution is -2.24. The van der Waals surface area contributed by atoms with E-state index in [0.29, 0.717) is 6.61 Å². The Balaban J connectivity index is 1.58. The number of nitrogens with zero attached hydrogens (tertiary/aromatic N) is 3. The fourth-order valence-electron chi connectivity index (χ4n) is 3.03. The van der Waals surface area contributed by atoms with Crippen molar-refractivity contribution >= 4 is 23.5 Å². The summed E-state index contributed by atoms with van der Waals surface area (Å²) in [5.41, 5.74) is 12.7. The van der Waals surface area contributed by atoms with Crippen LogP contribution < -0.4 is 15.9 Å². The van der Waals surface area contributed by atoms with E-state index < -0.39 is 0 Å². The molecule has 4 rings (SSSR count). The van der Waals surface area contributed by atoms with Crippen molar-refractivity contribution in [3.63, 3.8) is 0 Å². The highest BCUT2D eigenvalue weighted by atomic mass is 32.1. The number of para-hydroxylation sites is 1. The maximum absolute atomic E-state index is 5.89. The van der Waals surface area contributed by atoms with Crippen LogP contribution in [-0.2, 0) is 6.61 Å². The fourth-order valence-corrected chi connectivity index (χ4v) is 3.09. The van der Waals surface area contributed by atoms with Crippen LogP contribution in [0.15, 0.2) is 96.2 Å². The van der Waals surface area contributed by atoms with Crippen molar-refractivity contribution in [2.24, 2.45) is 10.8 Å². The van der Waals surface area contributed by atoms with Crippen molar-refractivity contribution in [2.45, 2.75) is 6.61 Å². The number of aromatic nitrogens is 2. The molecule has 7 heteroatoms. The number of nitrogens with one attached hydrogen (secondary N) is 1. The van der Waals surface area contributed by atoms with E-state index in [0.717, 1.165) is 33.8 Å². The van der Waals surface area contributed by atoms with Crippen molar-refractivity contribution in [2.75, 3.05) is 0 Å². The van der Waals surface area contributed by atoms with E-state index in [-0.39, 0.29) is 5.11 Å². The van der Waals surface area contributed by atoms with Crippen LogP contribution in [0.3, 0.4) is 0 Å². The summed E-state index contributed by atoms with van der Waals surface area (Å²) >= 11 is 4.81. The van der Waals surface area contributed by atoms with Gasteiger partial charge in [-0.05, 0) is 54.2 Å². The summed E-state index contributed by atoms with van der Waals surface area (Å²) in [6.07, 6.45) is 3.57. The number of hydrogen-bond acceptors (Lipinski definition) is 4. The first-order valence-electron chi connectivity index (χ1n) is 9.70. The van der Waals surface area contributed by atoms with Crippen molar-refractivity contribution in [1.82, 2.24) is 15.2 Å². The smallest absolute Gasteiger partial charge is 0.184 e. The van der Waals surface area contributed by atoms with E-state index in [2.05, 4.69) is 10.5 Å². The van der Waals surface area contributed by atoms with Gasteiger partial charge in [-0.25, -0.2) is 4.68 Å². The number of nitrogens with two attached hydrogens (primary N) is 1. The Labute approximate surface area is 186 Å². The van der Waals surface area contributed by atoms with Crippen LogP contribution in [0.5, 0.6) is 5.75 Å². The lowest BCUT2D eigenvalue weighted by atomic mass is 10.1. The van der Waals surface area contributed by atoms with Crippen LogP contribution >= 0.6 is 12.2 Å². The average molecular weight is 428 g/mol. The van der Waals surface area contributed by atoms with E-state index in [9.17, 15) is 0 Å². The van der Waals surface area contributed by atoms with Gasteiger partial charge >= 0.3 is 0 Å². The molecule has 6 nitrogen and oxygen atoms in total. The number of hydrogen-bond donors (Lipinski definition) is 2. The van der Waals surface area contributed by atoms with Gasteiger partial charge in [0.05, 0.1) is 11.9 Å². The predicted molar refractivity (Wildman–Crippen MR) is 127 cm³/mol. The molecule has 0 spiro atoms. The Kier molecular flexibility index (Phi) is 6.35. The maximum Gasteiger partial charge on any atom is 0.184 e. The molecule has 0 saturated heterocycles. The van der Waals surface area contributed by atoms with Gasteiger partial charge in [0.15, 0.2) is 5.11 Å². The minimum absolute atomic E-state index is 0.105. The average Bonchev–Trinajstić information content (AvgIpc) is 3.23. The Morgan fingerprint density at radius 1 is 1.00 bits per heavy atom. The van der Waals surface area contributed by atoms with Crippen LogP contribution in [0, 0.1) is 0 Å². The van der Waals surface area contributed by atoms with E-state index in [1.807, 2.05) is 95.8 Å². The van der Waals surface area contributed by atoms with Crippen molar-refractivity contribution in [3.05, 3.63) is 102 Å². The number of hydrazone groups is 1. The maximum atomic E-state index is 5.89. The lowest BCUT2D eigenvalue weighted by molar-refractivity contribution is 0.306. The molecule has 3 N–H and O–H groups in total. The van der Waals surface area contributed by atoms with E-state index in [4.69, 9.17) is 27.8 Å². The molecule has 0 aliphatic rings. The third-order valence-corrected chi connectivity index (χ3v) is 4.61. The van der Waals surface area contributed by atoms with Crippen molar-refractivity contribution in [1.29, 1.82) is 0 Å². The highest BCUT2D eigenvalue weighted by molar-refractivity contribution is 7.80. The first-order chi connectivity index (χ1) is 15.2. The zero-order valence-electron chi connectivity index (χ0n) is 16.7. The normalized spacial score (nSPS) is 10.8. The summed E-state index contributed by atoms with van der Waals surface area (Å²) in [6.45, 7) is 0.519. The highest BCUT2D eigenvalue weighted by Gasteiger charge is 2.11. The number of ether oxygens (including phenoxy) is 1. The highest BCUT2D eigenvalue weighted by Crippen LogP contribution is 2.25. The van der Waals surface area contributed by atoms with Gasteiger partial charge in [-0.15, -0.1) is 0 Å². The number of benzene rings is 3. The molecule has 0 bridgehead atoms. The second-order valence-electron chi connectivity index (χ2n) is 6.75. The molecule has 0 aliphatic carbocycles. The molecule has 0 radical (unpaired) electrons. The first-order valence-corrected chi connectivity index (χ1v) is 10.1. The van der Waals surface area contributed by atoms with Gasteiger partial charge in [-0.1, -0.05) is 48.5 Å². The molecular formula is C24H21N5OS. The monoisotopic (exact) mass is 427 g/mol. The Bertz CT molecular complexity index is 1170. The van der Waals surface area contributed by atoms with E-state index >= 15 is 0 Å². The quantitative estimate of drug-likeness (QED) is 0.261. The zero-order chi connectivity index (χ0) is 21.5. The van der Waals surface area contributed by atoms with Crippen LogP contribution in [0.4, 0.5) is 0 Å². The predicted octanol–water partition coefficient (Wildman–Crippen LogP) is 4.29. The minimum atomic E-state index is 0.105. The molecule has 0 aliphatic heterocycles. The van der Waals surface area contributed by atoms with Gasteiger partial charge in [0.2, 0.25) is 0 Å². The molecule has 0 amide bonds. The summed E-state index contributed by atoms with van der Waals surface area (Å²) in [6, 6.07) is 27.8. The Morgan fingerprint density at radius 3 is 2.35 bits per heavy atom. The van der Waals surface area contributed by atoms with Crippen molar-refractivity contribution < 1.29 is 4.74 Å². The van der Waals surface area contributed by atoms with Gasteiger partial charge in [0, 0.05) is 17.3 Å². The lowest BCUT2D eigenvalue weighted by Gasteiger charge is -2.07. The minimum Gasteiger partial charge on any atom is -0.489 e. The molecule has 3 aromatic carbocycles. The van der Waals surface area contributed by atoms with Crippen molar-refractivity contribution in [3.8, 4) is 22.7 Å². The molecular weight excluding hydrogens is 406 g/mol. The third kappa shape index (κ3) is 5.34. The first kappa shape index (κ1) is 20.3. The van der Waals surface area contributed by atoms with E-state index in [1.54, 1.807) is 6.21 Å². The zero-order valence-corrected chi connectivity index (χ0v) is 17.5. The molecule has 0 unspecified atom stereocenters. The summed E-state index contributed by atoms with van der Waals surface area (Å²) < 4.78 is 7.71. The van der Waals surface area contributed by atoms with Crippen LogP contribution in [0.2, 0.25) is 0 Å². The molecule has 0 saturated carbocycles. The van der Waals surface area contributed by atoms with Gasteiger partial charge in [-0.2, -0.15) is 10.2 Å². The number of rotatable bonds is 7. The van der Waals surface area contributed by atoms with Crippen LogP contribution in [0.25, 0.3) is 16.9 Å². The van der Waals surface area contributed by atoms with Gasteiger partial charge in [0.1, 0.15) is 18.1 Å². The molecule has 1 aromatic heterocycles. The van der Waals surface area contributed by atoms with Gasteiger partial charge in [-0.3, -0.25) is 5.43 Å². The molecule has 4 aromatic rings. The summed E-state index contributed by atoms with van der Waals surface area (Å²) in [5.74, 6) is 0.792. The summed E-state index contributed by atoms with van der Waals surface area (Å²) in [7, 11) is 0. The third-order valence-electron chi connectivity index (χ3n) is 4.52. The fraction of sp³-hybridized carbons (Fsp3) is 0.0417.